The van der Waals surface area contributed by atoms with Gasteiger partial charge in [0, 0.05) is 10.5 Å². The topological polar surface area (TPSA) is 57.9 Å². The summed E-state index contributed by atoms with van der Waals surface area (Å²) in [5.74, 6) is 1.73. The third-order valence-corrected chi connectivity index (χ3v) is 4.93. The lowest BCUT2D eigenvalue weighted by Crippen LogP contribution is -2.06. The van der Waals surface area contributed by atoms with Crippen LogP contribution >= 0.6 is 15.9 Å². The van der Waals surface area contributed by atoms with Crippen LogP contribution in [0.5, 0.6) is 23.0 Å². The van der Waals surface area contributed by atoms with E-state index in [2.05, 4.69) is 15.9 Å². The first-order chi connectivity index (χ1) is 14.6. The van der Waals surface area contributed by atoms with Gasteiger partial charge in [-0.15, -0.1) is 0 Å². The summed E-state index contributed by atoms with van der Waals surface area (Å²) in [6.45, 7) is 2.80. The van der Waals surface area contributed by atoms with E-state index in [-0.39, 0.29) is 11.2 Å². The summed E-state index contributed by atoms with van der Waals surface area (Å²) in [7, 11) is 0. The number of ether oxygens (including phenoxy) is 3. The quantitative estimate of drug-likeness (QED) is 0.318. The first kappa shape index (κ1) is 20.0. The van der Waals surface area contributed by atoms with Crippen molar-refractivity contribution in [3.63, 3.8) is 0 Å². The molecule has 0 aliphatic rings. The summed E-state index contributed by atoms with van der Waals surface area (Å²) in [5.41, 5.74) is 1.21. The second kappa shape index (κ2) is 9.05. The lowest BCUT2D eigenvalue weighted by Gasteiger charge is -2.11. The van der Waals surface area contributed by atoms with Gasteiger partial charge in [-0.3, -0.25) is 4.79 Å². The lowest BCUT2D eigenvalue weighted by molar-refractivity contribution is 0.306. The summed E-state index contributed by atoms with van der Waals surface area (Å²) in [4.78, 5) is 12.9. The van der Waals surface area contributed by atoms with Crippen LogP contribution in [0, 0.1) is 0 Å². The molecule has 0 unspecified atom stereocenters. The van der Waals surface area contributed by atoms with Crippen molar-refractivity contribution in [3.8, 4) is 23.0 Å². The smallest absolute Gasteiger partial charge is 0.235 e. The van der Waals surface area contributed by atoms with E-state index >= 15 is 0 Å². The van der Waals surface area contributed by atoms with Crippen molar-refractivity contribution in [1.29, 1.82) is 0 Å². The van der Waals surface area contributed by atoms with Gasteiger partial charge in [0.15, 0.2) is 11.5 Å². The van der Waals surface area contributed by atoms with Gasteiger partial charge >= 0.3 is 0 Å². The maximum absolute atomic E-state index is 12.9. The molecule has 152 valence electrons. The molecule has 6 heteroatoms. The normalized spacial score (nSPS) is 10.7. The fourth-order valence-corrected chi connectivity index (χ4v) is 3.19. The summed E-state index contributed by atoms with van der Waals surface area (Å²) in [5, 5.41) is 0.414. The highest BCUT2D eigenvalue weighted by atomic mass is 79.9. The second-order valence-corrected chi connectivity index (χ2v) is 7.40. The van der Waals surface area contributed by atoms with E-state index in [1.807, 2.05) is 43.3 Å². The standard InChI is InChI=1S/C24H19BrO5/c1-2-27-20-5-3-4-6-21(20)30-23-15-29-22-13-18(11-12-19(22)24(23)26)28-14-16-7-9-17(25)10-8-16/h3-13,15H,2,14H2,1H3. The zero-order valence-electron chi connectivity index (χ0n) is 16.3. The fraction of sp³-hybridized carbons (Fsp3) is 0.125. The average Bonchev–Trinajstić information content (AvgIpc) is 2.77. The molecule has 4 aromatic rings. The molecule has 0 radical (unpaired) electrons. The molecule has 0 atom stereocenters. The maximum Gasteiger partial charge on any atom is 0.235 e. The van der Waals surface area contributed by atoms with Gasteiger partial charge in [-0.2, -0.15) is 0 Å². The van der Waals surface area contributed by atoms with Gasteiger partial charge < -0.3 is 18.6 Å². The van der Waals surface area contributed by atoms with Crippen molar-refractivity contribution >= 4 is 26.9 Å². The Morgan fingerprint density at radius 1 is 0.900 bits per heavy atom. The lowest BCUT2D eigenvalue weighted by atomic mass is 10.2. The Bertz CT molecular complexity index is 1210. The monoisotopic (exact) mass is 466 g/mol. The zero-order valence-corrected chi connectivity index (χ0v) is 17.8. The molecule has 0 saturated carbocycles. The highest BCUT2D eigenvalue weighted by Gasteiger charge is 2.12. The minimum absolute atomic E-state index is 0.0955. The summed E-state index contributed by atoms with van der Waals surface area (Å²) < 4.78 is 23.8. The van der Waals surface area contributed by atoms with Crippen LogP contribution in [0.25, 0.3) is 11.0 Å². The summed E-state index contributed by atoms with van der Waals surface area (Å²) >= 11 is 3.41. The maximum atomic E-state index is 12.9. The van der Waals surface area contributed by atoms with Gasteiger partial charge in [0.05, 0.1) is 12.0 Å². The molecule has 4 rings (SSSR count). The van der Waals surface area contributed by atoms with Crippen molar-refractivity contribution in [2.75, 3.05) is 6.61 Å². The highest BCUT2D eigenvalue weighted by molar-refractivity contribution is 9.10. The van der Waals surface area contributed by atoms with Gasteiger partial charge in [0.25, 0.3) is 0 Å². The van der Waals surface area contributed by atoms with Crippen molar-refractivity contribution < 1.29 is 18.6 Å². The van der Waals surface area contributed by atoms with Gasteiger partial charge in [-0.25, -0.2) is 0 Å². The fourth-order valence-electron chi connectivity index (χ4n) is 2.93. The van der Waals surface area contributed by atoms with Crippen LogP contribution in [0.1, 0.15) is 12.5 Å². The van der Waals surface area contributed by atoms with E-state index in [4.69, 9.17) is 18.6 Å². The number of para-hydroxylation sites is 2. The predicted octanol–water partition coefficient (Wildman–Crippen LogP) is 6.33. The molecule has 1 heterocycles. The molecule has 0 bridgehead atoms. The largest absolute Gasteiger partial charge is 0.490 e. The number of halogens is 1. The Labute approximate surface area is 181 Å². The van der Waals surface area contributed by atoms with Crippen LogP contribution in [-0.4, -0.2) is 6.61 Å². The molecule has 0 spiro atoms. The minimum Gasteiger partial charge on any atom is -0.490 e. The van der Waals surface area contributed by atoms with Gasteiger partial charge in [-0.1, -0.05) is 40.2 Å². The Hall–Kier alpha value is -3.25. The van der Waals surface area contributed by atoms with Gasteiger partial charge in [0.1, 0.15) is 24.2 Å². The molecule has 3 aromatic carbocycles. The summed E-state index contributed by atoms with van der Waals surface area (Å²) in [6, 6.07) is 20.2. The van der Waals surface area contributed by atoms with Gasteiger partial charge in [-0.05, 0) is 48.9 Å². The molecule has 1 aromatic heterocycles. The molecule has 0 aliphatic heterocycles. The van der Waals surface area contributed by atoms with E-state index in [9.17, 15) is 4.79 Å². The number of benzene rings is 3. The Morgan fingerprint density at radius 3 is 2.43 bits per heavy atom. The minimum atomic E-state index is -0.262. The Morgan fingerprint density at radius 2 is 1.67 bits per heavy atom. The van der Waals surface area contributed by atoms with Crippen LogP contribution in [0.3, 0.4) is 0 Å². The van der Waals surface area contributed by atoms with Crippen molar-refractivity contribution in [3.05, 3.63) is 93.3 Å². The zero-order chi connectivity index (χ0) is 20.9. The van der Waals surface area contributed by atoms with E-state index in [1.54, 1.807) is 30.3 Å². The SMILES string of the molecule is CCOc1ccccc1Oc1coc2cc(OCc3ccc(Br)cc3)ccc2c1=O. The Kier molecular flexibility index (Phi) is 6.05. The van der Waals surface area contributed by atoms with E-state index < -0.39 is 0 Å². The first-order valence-electron chi connectivity index (χ1n) is 9.46. The van der Waals surface area contributed by atoms with Crippen LogP contribution in [0.2, 0.25) is 0 Å². The molecule has 0 saturated heterocycles. The van der Waals surface area contributed by atoms with Crippen molar-refractivity contribution in [1.82, 2.24) is 0 Å². The van der Waals surface area contributed by atoms with Gasteiger partial charge in [0.2, 0.25) is 11.2 Å². The van der Waals surface area contributed by atoms with Crippen LogP contribution < -0.4 is 19.6 Å². The summed E-state index contributed by atoms with van der Waals surface area (Å²) in [6.07, 6.45) is 1.31. The first-order valence-corrected chi connectivity index (χ1v) is 10.3. The van der Waals surface area contributed by atoms with Crippen molar-refractivity contribution in [2.24, 2.45) is 0 Å². The highest BCUT2D eigenvalue weighted by Crippen LogP contribution is 2.31. The number of rotatable bonds is 7. The molecular formula is C24H19BrO5. The number of hydrogen-bond acceptors (Lipinski definition) is 5. The molecule has 0 fully saturated rings. The second-order valence-electron chi connectivity index (χ2n) is 6.48. The molecule has 0 amide bonds. The van der Waals surface area contributed by atoms with Crippen LogP contribution in [0.4, 0.5) is 0 Å². The molecule has 0 N–H and O–H groups in total. The van der Waals surface area contributed by atoms with E-state index in [1.165, 1.54) is 6.26 Å². The van der Waals surface area contributed by atoms with E-state index in [0.29, 0.717) is 41.4 Å². The number of fused-ring (bicyclic) bond motifs is 1. The predicted molar refractivity (Wildman–Crippen MR) is 119 cm³/mol. The van der Waals surface area contributed by atoms with Crippen LogP contribution in [0.15, 0.2) is 86.7 Å². The molecule has 0 aliphatic carbocycles. The molecular weight excluding hydrogens is 448 g/mol. The van der Waals surface area contributed by atoms with Crippen LogP contribution in [-0.2, 0) is 6.61 Å². The average molecular weight is 467 g/mol. The van der Waals surface area contributed by atoms with E-state index in [0.717, 1.165) is 10.0 Å². The third kappa shape index (κ3) is 4.49. The molecule has 30 heavy (non-hydrogen) atoms. The number of hydrogen-bond donors (Lipinski definition) is 0. The van der Waals surface area contributed by atoms with Crippen molar-refractivity contribution in [2.45, 2.75) is 13.5 Å². The third-order valence-electron chi connectivity index (χ3n) is 4.40. The molecule has 5 nitrogen and oxygen atoms in total. The Balaban J connectivity index is 1.55.